The maximum absolute atomic E-state index is 12.8. The van der Waals surface area contributed by atoms with Gasteiger partial charge in [0.2, 0.25) is 5.88 Å². The Hall–Kier alpha value is -2.28. The molecule has 0 N–H and O–H groups in total. The summed E-state index contributed by atoms with van der Waals surface area (Å²) in [5.41, 5.74) is 1.47. The fourth-order valence-electron chi connectivity index (χ4n) is 4.35. The third-order valence-electron chi connectivity index (χ3n) is 6.03. The van der Waals surface area contributed by atoms with Crippen molar-refractivity contribution in [1.82, 2.24) is 9.88 Å². The van der Waals surface area contributed by atoms with Crippen LogP contribution < -0.4 is 4.74 Å². The molecule has 3 atom stereocenters. The van der Waals surface area contributed by atoms with Crippen LogP contribution in [0.4, 0.5) is 13.2 Å². The van der Waals surface area contributed by atoms with Gasteiger partial charge in [0.05, 0.1) is 15.6 Å². The normalized spacial score (nSPS) is 20.1. The van der Waals surface area contributed by atoms with Gasteiger partial charge in [0, 0.05) is 43.7 Å². The number of aromatic nitrogens is 1. The lowest BCUT2D eigenvalue weighted by Gasteiger charge is -2.26. The number of alkyl halides is 3. The van der Waals surface area contributed by atoms with E-state index in [1.807, 2.05) is 37.3 Å². The lowest BCUT2D eigenvalue weighted by molar-refractivity contribution is -0.137. The largest absolute Gasteiger partial charge is 0.474 e. The molecule has 4 rings (SSSR count). The number of hydrogen-bond donors (Lipinski definition) is 0. The number of halogens is 5. The van der Waals surface area contributed by atoms with Crippen molar-refractivity contribution in [3.05, 3.63) is 93.6 Å². The van der Waals surface area contributed by atoms with Crippen molar-refractivity contribution in [3.63, 3.8) is 0 Å². The fourth-order valence-corrected chi connectivity index (χ4v) is 4.66. The summed E-state index contributed by atoms with van der Waals surface area (Å²) in [6, 6.07) is 18.1. The van der Waals surface area contributed by atoms with E-state index in [0.29, 0.717) is 10.0 Å². The van der Waals surface area contributed by atoms with Crippen LogP contribution >= 0.6 is 23.2 Å². The topological polar surface area (TPSA) is 25.4 Å². The van der Waals surface area contributed by atoms with Gasteiger partial charge in [0.15, 0.2) is 0 Å². The van der Waals surface area contributed by atoms with Gasteiger partial charge in [-0.2, -0.15) is 13.2 Å². The summed E-state index contributed by atoms with van der Waals surface area (Å²) in [5.74, 6) is 0.368. The molecular weight excluding hydrogens is 472 g/mol. The van der Waals surface area contributed by atoms with E-state index in [-0.39, 0.29) is 23.8 Å². The highest BCUT2D eigenvalue weighted by Crippen LogP contribution is 2.39. The quantitative estimate of drug-likeness (QED) is 0.365. The summed E-state index contributed by atoms with van der Waals surface area (Å²) in [6.07, 6.45) is -3.91. The lowest BCUT2D eigenvalue weighted by atomic mass is 9.86. The highest BCUT2D eigenvalue weighted by atomic mass is 35.5. The van der Waals surface area contributed by atoms with Crippen molar-refractivity contribution in [2.45, 2.75) is 31.7 Å². The molecule has 1 aromatic heterocycles. The Balaban J connectivity index is 1.54. The van der Waals surface area contributed by atoms with Gasteiger partial charge in [-0.1, -0.05) is 59.6 Å². The Bertz CT molecular complexity index is 1080. The predicted octanol–water partition coefficient (Wildman–Crippen LogP) is 7.09. The number of ether oxygens (including phenoxy) is 1. The summed E-state index contributed by atoms with van der Waals surface area (Å²) < 4.78 is 44.5. The first-order valence-corrected chi connectivity index (χ1v) is 11.4. The fraction of sp³-hybridized carbons (Fsp3) is 0.320. The SMILES string of the molecule is CC(Oc1ccc(C(F)(F)F)cn1)C1CN(Cc2ccccc2)CC1c1ccc(Cl)c(Cl)c1. The summed E-state index contributed by atoms with van der Waals surface area (Å²) in [7, 11) is 0. The van der Waals surface area contributed by atoms with E-state index in [4.69, 9.17) is 27.9 Å². The Morgan fingerprint density at radius 3 is 2.42 bits per heavy atom. The van der Waals surface area contributed by atoms with Crippen molar-refractivity contribution >= 4 is 23.2 Å². The van der Waals surface area contributed by atoms with Crippen molar-refractivity contribution in [2.24, 2.45) is 5.92 Å². The zero-order valence-electron chi connectivity index (χ0n) is 17.9. The summed E-state index contributed by atoms with van der Waals surface area (Å²) in [5, 5.41) is 0.988. The van der Waals surface area contributed by atoms with Gasteiger partial charge in [0.1, 0.15) is 6.10 Å². The molecule has 33 heavy (non-hydrogen) atoms. The van der Waals surface area contributed by atoms with Crippen LogP contribution in [0.3, 0.4) is 0 Å². The van der Waals surface area contributed by atoms with E-state index in [1.54, 1.807) is 6.07 Å². The number of likely N-dealkylation sites (tertiary alicyclic amines) is 1. The molecule has 3 aromatic rings. The molecule has 0 bridgehead atoms. The number of rotatable bonds is 6. The third-order valence-corrected chi connectivity index (χ3v) is 6.77. The smallest absolute Gasteiger partial charge is 0.417 e. The highest BCUT2D eigenvalue weighted by Gasteiger charge is 2.38. The highest BCUT2D eigenvalue weighted by molar-refractivity contribution is 6.42. The van der Waals surface area contributed by atoms with Crippen molar-refractivity contribution in [1.29, 1.82) is 0 Å². The van der Waals surface area contributed by atoms with Crippen molar-refractivity contribution in [3.8, 4) is 5.88 Å². The molecule has 1 saturated heterocycles. The van der Waals surface area contributed by atoms with Gasteiger partial charge in [0.25, 0.3) is 0 Å². The number of benzene rings is 2. The standard InChI is InChI=1S/C25H23Cl2F3N2O/c1-16(33-24-10-8-19(12-31-24)25(28,29)30)20-14-32(13-17-5-3-2-4-6-17)15-21(20)18-7-9-22(26)23(27)11-18/h2-12,16,20-21H,13-15H2,1H3. The molecule has 8 heteroatoms. The maximum Gasteiger partial charge on any atom is 0.417 e. The van der Waals surface area contributed by atoms with E-state index in [1.165, 1.54) is 11.6 Å². The van der Waals surface area contributed by atoms with Gasteiger partial charge in [-0.25, -0.2) is 4.98 Å². The van der Waals surface area contributed by atoms with E-state index < -0.39 is 11.7 Å². The summed E-state index contributed by atoms with van der Waals surface area (Å²) >= 11 is 12.4. The predicted molar refractivity (Wildman–Crippen MR) is 124 cm³/mol. The molecule has 0 spiro atoms. The molecule has 174 valence electrons. The second-order valence-electron chi connectivity index (χ2n) is 8.33. The molecule has 1 fully saturated rings. The summed E-state index contributed by atoms with van der Waals surface area (Å²) in [6.45, 7) is 4.29. The molecule has 0 radical (unpaired) electrons. The lowest BCUT2D eigenvalue weighted by Crippen LogP contribution is -2.30. The zero-order valence-corrected chi connectivity index (χ0v) is 19.4. The Morgan fingerprint density at radius 2 is 1.79 bits per heavy atom. The minimum Gasteiger partial charge on any atom is -0.474 e. The van der Waals surface area contributed by atoms with Crippen molar-refractivity contribution < 1.29 is 17.9 Å². The van der Waals surface area contributed by atoms with Crippen molar-refractivity contribution in [2.75, 3.05) is 13.1 Å². The third kappa shape index (κ3) is 5.81. The monoisotopic (exact) mass is 494 g/mol. The van der Waals surface area contributed by atoms with Crippen LogP contribution in [0.2, 0.25) is 10.0 Å². The molecule has 2 aromatic carbocycles. The Morgan fingerprint density at radius 1 is 1.03 bits per heavy atom. The molecule has 0 aliphatic carbocycles. The van der Waals surface area contributed by atoms with Crippen LogP contribution in [-0.2, 0) is 12.7 Å². The molecule has 1 aliphatic rings. The number of nitrogens with zero attached hydrogens (tertiary/aromatic N) is 2. The van der Waals surface area contributed by atoms with Crippen LogP contribution in [0.1, 0.15) is 29.5 Å². The van der Waals surface area contributed by atoms with Gasteiger partial charge in [-0.15, -0.1) is 0 Å². The van der Waals surface area contributed by atoms with E-state index in [0.717, 1.165) is 37.5 Å². The molecule has 1 aliphatic heterocycles. The molecular formula is C25H23Cl2F3N2O. The van der Waals surface area contributed by atoms with Gasteiger partial charge in [-0.3, -0.25) is 4.90 Å². The molecule has 2 heterocycles. The number of pyridine rings is 1. The second kappa shape index (κ2) is 9.92. The van der Waals surface area contributed by atoms with Gasteiger partial charge >= 0.3 is 6.18 Å². The average molecular weight is 495 g/mol. The Labute approximate surface area is 201 Å². The molecule has 0 saturated carbocycles. The van der Waals surface area contributed by atoms with E-state index >= 15 is 0 Å². The second-order valence-corrected chi connectivity index (χ2v) is 9.14. The van der Waals surface area contributed by atoms with Crippen LogP contribution in [0.5, 0.6) is 5.88 Å². The van der Waals surface area contributed by atoms with Crippen LogP contribution in [-0.4, -0.2) is 29.1 Å². The summed E-state index contributed by atoms with van der Waals surface area (Å²) in [4.78, 5) is 6.23. The first-order valence-electron chi connectivity index (χ1n) is 10.6. The molecule has 3 unspecified atom stereocenters. The van der Waals surface area contributed by atoms with E-state index in [2.05, 4.69) is 22.0 Å². The van der Waals surface area contributed by atoms with Crippen LogP contribution in [0.25, 0.3) is 0 Å². The van der Waals surface area contributed by atoms with E-state index in [9.17, 15) is 13.2 Å². The number of hydrogen-bond acceptors (Lipinski definition) is 3. The first kappa shape index (κ1) is 23.9. The molecule has 0 amide bonds. The van der Waals surface area contributed by atoms with Crippen LogP contribution in [0, 0.1) is 5.92 Å². The van der Waals surface area contributed by atoms with Gasteiger partial charge < -0.3 is 4.74 Å². The minimum absolute atomic E-state index is 0.0787. The minimum atomic E-state index is -4.43. The maximum atomic E-state index is 12.8. The first-order chi connectivity index (χ1) is 15.7. The molecule has 3 nitrogen and oxygen atoms in total. The Kier molecular flexibility index (Phi) is 7.17. The van der Waals surface area contributed by atoms with Gasteiger partial charge in [-0.05, 0) is 36.2 Å². The average Bonchev–Trinajstić information content (AvgIpc) is 3.20. The van der Waals surface area contributed by atoms with Crippen LogP contribution in [0.15, 0.2) is 66.9 Å². The zero-order chi connectivity index (χ0) is 23.6.